The fraction of sp³-hybridized carbons (Fsp3) is 0.429. The number of aliphatic carboxylic acids is 1. The van der Waals surface area contributed by atoms with Crippen LogP contribution in [0.4, 0.5) is 13.2 Å². The number of benzene rings is 1. The lowest BCUT2D eigenvalue weighted by Crippen LogP contribution is -2.31. The van der Waals surface area contributed by atoms with Crippen molar-refractivity contribution in [2.45, 2.75) is 19.2 Å². The molecule has 1 fully saturated rings. The minimum absolute atomic E-state index is 0.0125. The third kappa shape index (κ3) is 4.37. The maximum absolute atomic E-state index is 12.0. The van der Waals surface area contributed by atoms with Gasteiger partial charge in [0.05, 0.1) is 12.3 Å². The van der Waals surface area contributed by atoms with Gasteiger partial charge in [-0.05, 0) is 24.1 Å². The number of carbonyl (C=O) groups excluding carboxylic acids is 1. The second-order valence-corrected chi connectivity index (χ2v) is 5.03. The average molecular weight is 317 g/mol. The van der Waals surface area contributed by atoms with E-state index in [0.717, 1.165) is 12.1 Å². The van der Waals surface area contributed by atoms with E-state index in [2.05, 4.69) is 4.74 Å². The molecule has 1 aromatic rings. The van der Waals surface area contributed by atoms with E-state index in [1.54, 1.807) is 0 Å². The molecule has 0 aliphatic carbocycles. The molecule has 2 rings (SSSR count). The normalized spacial score (nSPS) is 18.3. The summed E-state index contributed by atoms with van der Waals surface area (Å²) in [7, 11) is 0. The molecule has 0 aromatic heterocycles. The second kappa shape index (κ2) is 6.25. The van der Waals surface area contributed by atoms with Crippen LogP contribution in [0.2, 0.25) is 0 Å². The van der Waals surface area contributed by atoms with Gasteiger partial charge in [0.25, 0.3) is 0 Å². The van der Waals surface area contributed by atoms with Crippen molar-refractivity contribution in [3.05, 3.63) is 29.8 Å². The predicted octanol–water partition coefficient (Wildman–Crippen LogP) is 2.06. The summed E-state index contributed by atoms with van der Waals surface area (Å²) >= 11 is 0. The number of ether oxygens (including phenoxy) is 1. The molecule has 1 saturated heterocycles. The van der Waals surface area contributed by atoms with Gasteiger partial charge in [-0.1, -0.05) is 12.1 Å². The van der Waals surface area contributed by atoms with E-state index in [9.17, 15) is 22.8 Å². The Morgan fingerprint density at radius 3 is 2.41 bits per heavy atom. The number of carboxylic acid groups (broad SMARTS) is 1. The van der Waals surface area contributed by atoms with Gasteiger partial charge in [-0.15, -0.1) is 13.2 Å². The van der Waals surface area contributed by atoms with E-state index in [-0.39, 0.29) is 24.6 Å². The number of carbonyl (C=O) groups is 2. The lowest BCUT2D eigenvalue weighted by molar-refractivity contribution is -0.274. The van der Waals surface area contributed by atoms with E-state index in [4.69, 9.17) is 5.11 Å². The predicted molar refractivity (Wildman–Crippen MR) is 69.2 cm³/mol. The first-order valence-corrected chi connectivity index (χ1v) is 6.60. The van der Waals surface area contributed by atoms with Gasteiger partial charge >= 0.3 is 12.3 Å². The summed E-state index contributed by atoms with van der Waals surface area (Å²) in [6.07, 6.45) is -4.32. The number of carboxylic acids is 1. The van der Waals surface area contributed by atoms with Crippen LogP contribution in [0.25, 0.3) is 0 Å². The number of amides is 1. The van der Waals surface area contributed by atoms with Crippen LogP contribution >= 0.6 is 0 Å². The van der Waals surface area contributed by atoms with E-state index in [1.807, 2.05) is 0 Å². The number of alkyl halides is 3. The highest BCUT2D eigenvalue weighted by atomic mass is 19.4. The summed E-state index contributed by atoms with van der Waals surface area (Å²) in [6.45, 7) is 0.550. The van der Waals surface area contributed by atoms with Gasteiger partial charge in [-0.2, -0.15) is 0 Å². The van der Waals surface area contributed by atoms with Crippen molar-refractivity contribution in [3.63, 3.8) is 0 Å². The molecule has 22 heavy (non-hydrogen) atoms. The van der Waals surface area contributed by atoms with Gasteiger partial charge in [0.15, 0.2) is 0 Å². The number of hydrogen-bond donors (Lipinski definition) is 1. The lowest BCUT2D eigenvalue weighted by atomic mass is 10.1. The lowest BCUT2D eigenvalue weighted by Gasteiger charge is -2.16. The van der Waals surface area contributed by atoms with Crippen LogP contribution in [0.5, 0.6) is 5.75 Å². The molecule has 1 aliphatic rings. The van der Waals surface area contributed by atoms with Crippen molar-refractivity contribution in [2.24, 2.45) is 5.92 Å². The molecule has 0 bridgehead atoms. The molecule has 0 unspecified atom stereocenters. The maximum atomic E-state index is 12.0. The molecule has 0 spiro atoms. The van der Waals surface area contributed by atoms with Gasteiger partial charge in [0.2, 0.25) is 5.91 Å². The fourth-order valence-corrected chi connectivity index (χ4v) is 2.28. The standard InChI is InChI=1S/C14H14F3NO4/c15-14(16,17)22-11-3-1-9(2-4-11)7-12(19)18-6-5-10(8-18)13(20)21/h1-4,10H,5-8H2,(H,20,21)/t10-/m0/s1. The Morgan fingerprint density at radius 1 is 1.27 bits per heavy atom. The summed E-state index contributed by atoms with van der Waals surface area (Å²) in [5, 5.41) is 8.88. The quantitative estimate of drug-likeness (QED) is 0.923. The van der Waals surface area contributed by atoms with Crippen molar-refractivity contribution in [2.75, 3.05) is 13.1 Å². The van der Waals surface area contributed by atoms with Crippen LogP contribution in [0.1, 0.15) is 12.0 Å². The van der Waals surface area contributed by atoms with Crippen molar-refractivity contribution in [1.29, 1.82) is 0 Å². The third-order valence-electron chi connectivity index (χ3n) is 3.40. The molecular formula is C14H14F3NO4. The number of hydrogen-bond acceptors (Lipinski definition) is 3. The van der Waals surface area contributed by atoms with Gasteiger partial charge in [-0.25, -0.2) is 0 Å². The first kappa shape index (κ1) is 16.1. The Hall–Kier alpha value is -2.25. The molecule has 8 heteroatoms. The summed E-state index contributed by atoms with van der Waals surface area (Å²) < 4.78 is 39.8. The molecule has 1 aromatic carbocycles. The Morgan fingerprint density at radius 2 is 1.91 bits per heavy atom. The van der Waals surface area contributed by atoms with E-state index in [0.29, 0.717) is 18.5 Å². The summed E-state index contributed by atoms with van der Waals surface area (Å²) in [5.74, 6) is -2.07. The minimum Gasteiger partial charge on any atom is -0.481 e. The van der Waals surface area contributed by atoms with E-state index in [1.165, 1.54) is 17.0 Å². The topological polar surface area (TPSA) is 66.8 Å². The fourth-order valence-electron chi connectivity index (χ4n) is 2.28. The maximum Gasteiger partial charge on any atom is 0.573 e. The number of halogens is 3. The van der Waals surface area contributed by atoms with Crippen molar-refractivity contribution in [3.8, 4) is 5.75 Å². The third-order valence-corrected chi connectivity index (χ3v) is 3.40. The number of nitrogens with zero attached hydrogens (tertiary/aromatic N) is 1. The Kier molecular flexibility index (Phi) is 4.58. The highest BCUT2D eigenvalue weighted by Gasteiger charge is 2.32. The molecule has 1 atom stereocenters. The molecule has 1 N–H and O–H groups in total. The monoisotopic (exact) mass is 317 g/mol. The van der Waals surface area contributed by atoms with Gasteiger partial charge in [-0.3, -0.25) is 9.59 Å². The Bertz CT molecular complexity index is 556. The van der Waals surface area contributed by atoms with E-state index < -0.39 is 18.2 Å². The van der Waals surface area contributed by atoms with Crippen LogP contribution in [0.15, 0.2) is 24.3 Å². The van der Waals surface area contributed by atoms with Crippen molar-refractivity contribution in [1.82, 2.24) is 4.90 Å². The molecule has 120 valence electrons. The zero-order chi connectivity index (χ0) is 16.3. The van der Waals surface area contributed by atoms with Crippen molar-refractivity contribution < 1.29 is 32.6 Å². The number of rotatable bonds is 4. The smallest absolute Gasteiger partial charge is 0.481 e. The van der Waals surface area contributed by atoms with E-state index >= 15 is 0 Å². The van der Waals surface area contributed by atoms with Gasteiger partial charge in [0.1, 0.15) is 5.75 Å². The zero-order valence-corrected chi connectivity index (χ0v) is 11.5. The highest BCUT2D eigenvalue weighted by molar-refractivity contribution is 5.80. The van der Waals surface area contributed by atoms with Crippen LogP contribution in [0.3, 0.4) is 0 Å². The molecule has 0 saturated carbocycles. The SMILES string of the molecule is O=C(O)[C@H]1CCN(C(=O)Cc2ccc(OC(F)(F)F)cc2)C1. The van der Waals surface area contributed by atoms with Gasteiger partial charge < -0.3 is 14.7 Å². The Labute approximate surface area is 124 Å². The van der Waals surface area contributed by atoms with Crippen LogP contribution in [-0.2, 0) is 16.0 Å². The minimum atomic E-state index is -4.75. The molecule has 1 aliphatic heterocycles. The molecule has 1 amide bonds. The second-order valence-electron chi connectivity index (χ2n) is 5.03. The van der Waals surface area contributed by atoms with Crippen LogP contribution < -0.4 is 4.74 Å². The van der Waals surface area contributed by atoms with Crippen LogP contribution in [0, 0.1) is 5.92 Å². The summed E-state index contributed by atoms with van der Waals surface area (Å²) in [5.41, 5.74) is 0.540. The molecule has 5 nitrogen and oxygen atoms in total. The Balaban J connectivity index is 1.91. The first-order valence-electron chi connectivity index (χ1n) is 6.60. The largest absolute Gasteiger partial charge is 0.573 e. The van der Waals surface area contributed by atoms with Gasteiger partial charge in [0, 0.05) is 13.1 Å². The average Bonchev–Trinajstić information content (AvgIpc) is 2.89. The summed E-state index contributed by atoms with van der Waals surface area (Å²) in [4.78, 5) is 24.3. The first-order chi connectivity index (χ1) is 10.2. The molecular weight excluding hydrogens is 303 g/mol. The summed E-state index contributed by atoms with van der Waals surface area (Å²) in [6, 6.07) is 5.04. The highest BCUT2D eigenvalue weighted by Crippen LogP contribution is 2.23. The molecule has 1 heterocycles. The molecule has 0 radical (unpaired) electrons. The number of likely N-dealkylation sites (tertiary alicyclic amines) is 1. The van der Waals surface area contributed by atoms with Crippen LogP contribution in [-0.4, -0.2) is 41.3 Å². The zero-order valence-electron chi connectivity index (χ0n) is 11.5. The van der Waals surface area contributed by atoms with Crippen molar-refractivity contribution >= 4 is 11.9 Å².